The summed E-state index contributed by atoms with van der Waals surface area (Å²) in [4.78, 5) is 13.1. The summed E-state index contributed by atoms with van der Waals surface area (Å²) in [6, 6.07) is 17.6. The van der Waals surface area contributed by atoms with Crippen LogP contribution in [0.15, 0.2) is 70.9 Å². The number of halogens is 1. The summed E-state index contributed by atoms with van der Waals surface area (Å²) in [5.74, 6) is -2.60. The molecule has 174 valence electrons. The van der Waals surface area contributed by atoms with Crippen LogP contribution in [0.4, 0.5) is 0 Å². The number of hydrogen-bond donors (Lipinski definition) is 2. The first-order chi connectivity index (χ1) is 15.4. The Balaban J connectivity index is 1.79. The molecule has 3 aromatic rings. The number of carbonyl (C=O) groups is 1. The minimum Gasteiger partial charge on any atom is -0.480 e. The molecule has 2 N–H and O–H groups in total. The number of benzene rings is 2. The maximum Gasteiger partial charge on any atom is 0.327 e. The van der Waals surface area contributed by atoms with Gasteiger partial charge in [-0.3, -0.25) is 4.79 Å². The molecule has 3 atom stereocenters. The molecule has 1 aromatic heterocycles. The van der Waals surface area contributed by atoms with Gasteiger partial charge >= 0.3 is 5.97 Å². The van der Waals surface area contributed by atoms with Crippen molar-refractivity contribution in [3.8, 4) is 10.4 Å². The van der Waals surface area contributed by atoms with Gasteiger partial charge in [-0.15, -0.1) is 11.3 Å². The first-order valence-corrected chi connectivity index (χ1v) is 14.3. The van der Waals surface area contributed by atoms with Crippen molar-refractivity contribution < 1.29 is 26.7 Å². The predicted octanol–water partition coefficient (Wildman–Crippen LogP) is 3.76. The molecule has 1 fully saturated rings. The van der Waals surface area contributed by atoms with Crippen LogP contribution in [0.2, 0.25) is 5.02 Å². The molecule has 11 heteroatoms. The van der Waals surface area contributed by atoms with Gasteiger partial charge in [-0.2, -0.15) is 4.72 Å². The minimum atomic E-state index is -4.37. The molecule has 4 rings (SSSR count). The van der Waals surface area contributed by atoms with Crippen LogP contribution < -0.4 is 4.72 Å². The number of carboxylic acids is 1. The molecule has 0 bridgehead atoms. The smallest absolute Gasteiger partial charge is 0.327 e. The number of sulfone groups is 1. The third kappa shape index (κ3) is 3.52. The van der Waals surface area contributed by atoms with Crippen LogP contribution in [0.1, 0.15) is 12.5 Å². The van der Waals surface area contributed by atoms with Crippen molar-refractivity contribution in [2.45, 2.75) is 21.4 Å². The molecule has 7 nitrogen and oxygen atoms in total. The number of aliphatic carboxylic acids is 1. The van der Waals surface area contributed by atoms with E-state index in [0.717, 1.165) is 23.2 Å². The first-order valence-electron chi connectivity index (χ1n) is 9.76. The molecule has 0 radical (unpaired) electrons. The van der Waals surface area contributed by atoms with Crippen LogP contribution in [-0.4, -0.2) is 39.7 Å². The summed E-state index contributed by atoms with van der Waals surface area (Å²) < 4.78 is 52.8. The first kappa shape index (κ1) is 23.9. The Kier molecular flexibility index (Phi) is 5.73. The molecule has 1 unspecified atom stereocenters. The standard InChI is InChI=1S/C22H20ClNO6S3/c1-14-21(20(25)26,22(14,32(2,27)28)16-6-4-3-5-7-16)24-33(29,30)19-13-12-18(31-19)15-8-10-17(23)11-9-15/h3-14,24H,1-2H3,(H,25,26)/t14?,21-,22-/m1/s1. The van der Waals surface area contributed by atoms with Gasteiger partial charge in [0, 0.05) is 22.1 Å². The lowest BCUT2D eigenvalue weighted by Crippen LogP contribution is -2.51. The molecular formula is C22H20ClNO6S3. The molecule has 1 heterocycles. The van der Waals surface area contributed by atoms with Crippen molar-refractivity contribution >= 4 is 48.8 Å². The Morgan fingerprint density at radius 2 is 1.61 bits per heavy atom. The molecule has 0 amide bonds. The highest BCUT2D eigenvalue weighted by atomic mass is 35.5. The van der Waals surface area contributed by atoms with Crippen molar-refractivity contribution in [2.75, 3.05) is 6.26 Å². The van der Waals surface area contributed by atoms with E-state index in [4.69, 9.17) is 11.6 Å². The van der Waals surface area contributed by atoms with Crippen LogP contribution in [0, 0.1) is 5.92 Å². The van der Waals surface area contributed by atoms with Gasteiger partial charge in [-0.25, -0.2) is 16.8 Å². The van der Waals surface area contributed by atoms with E-state index < -0.39 is 42.0 Å². The monoisotopic (exact) mass is 525 g/mol. The van der Waals surface area contributed by atoms with Crippen molar-refractivity contribution in [1.29, 1.82) is 0 Å². The Labute approximate surface area is 201 Å². The van der Waals surface area contributed by atoms with E-state index in [1.807, 2.05) is 0 Å². The molecule has 1 aliphatic carbocycles. The molecule has 0 spiro atoms. The lowest BCUT2D eigenvalue weighted by Gasteiger charge is -2.22. The fourth-order valence-corrected chi connectivity index (χ4v) is 9.85. The van der Waals surface area contributed by atoms with E-state index in [1.54, 1.807) is 48.5 Å². The van der Waals surface area contributed by atoms with Crippen molar-refractivity contribution in [1.82, 2.24) is 4.72 Å². The molecule has 1 aliphatic rings. The van der Waals surface area contributed by atoms with Gasteiger partial charge in [0.15, 0.2) is 15.4 Å². The summed E-state index contributed by atoms with van der Waals surface area (Å²) in [7, 11) is -8.43. The number of sulfonamides is 1. The van der Waals surface area contributed by atoms with E-state index in [-0.39, 0.29) is 9.77 Å². The van der Waals surface area contributed by atoms with Crippen LogP contribution in [0.25, 0.3) is 10.4 Å². The third-order valence-electron chi connectivity index (χ3n) is 6.16. The van der Waals surface area contributed by atoms with E-state index in [9.17, 15) is 26.7 Å². The van der Waals surface area contributed by atoms with E-state index in [0.29, 0.717) is 9.90 Å². The zero-order valence-electron chi connectivity index (χ0n) is 17.5. The minimum absolute atomic E-state index is 0.123. The third-order valence-corrected chi connectivity index (χ3v) is 11.6. The zero-order chi connectivity index (χ0) is 24.2. The fourth-order valence-electron chi connectivity index (χ4n) is 4.67. The van der Waals surface area contributed by atoms with Gasteiger partial charge in [0.1, 0.15) is 8.96 Å². The summed E-state index contributed by atoms with van der Waals surface area (Å²) in [5.41, 5.74) is -1.29. The normalized spacial score (nSPS) is 25.0. The largest absolute Gasteiger partial charge is 0.480 e. The fraction of sp³-hybridized carbons (Fsp3) is 0.227. The summed E-state index contributed by atoms with van der Waals surface area (Å²) in [6.07, 6.45) is 0.930. The summed E-state index contributed by atoms with van der Waals surface area (Å²) >= 11 is 6.85. The van der Waals surface area contributed by atoms with Gasteiger partial charge in [0.25, 0.3) is 10.0 Å². The molecule has 0 aliphatic heterocycles. The van der Waals surface area contributed by atoms with Crippen LogP contribution in [-0.2, 0) is 29.4 Å². The Morgan fingerprint density at radius 3 is 2.15 bits per heavy atom. The lowest BCUT2D eigenvalue weighted by molar-refractivity contribution is -0.140. The number of carboxylic acid groups (broad SMARTS) is 1. The van der Waals surface area contributed by atoms with Crippen molar-refractivity contribution in [3.05, 3.63) is 77.3 Å². The molecule has 0 saturated heterocycles. The highest BCUT2D eigenvalue weighted by Crippen LogP contribution is 2.66. The molecule has 2 aromatic carbocycles. The molecule has 33 heavy (non-hydrogen) atoms. The Hall–Kier alpha value is -2.24. The van der Waals surface area contributed by atoms with Gasteiger partial charge < -0.3 is 5.11 Å². The topological polar surface area (TPSA) is 118 Å². The van der Waals surface area contributed by atoms with Crippen LogP contribution >= 0.6 is 22.9 Å². The highest BCUT2D eigenvalue weighted by molar-refractivity contribution is 7.93. The second-order valence-corrected chi connectivity index (χ2v) is 13.6. The average molecular weight is 526 g/mol. The maximum absolute atomic E-state index is 13.3. The molecule has 1 saturated carbocycles. The van der Waals surface area contributed by atoms with E-state index in [2.05, 4.69) is 4.72 Å². The Bertz CT molecular complexity index is 1430. The highest BCUT2D eigenvalue weighted by Gasteiger charge is 2.86. The second-order valence-electron chi connectivity index (χ2n) is 7.94. The van der Waals surface area contributed by atoms with Gasteiger partial charge in [-0.1, -0.05) is 61.0 Å². The van der Waals surface area contributed by atoms with Crippen molar-refractivity contribution in [2.24, 2.45) is 5.92 Å². The Morgan fingerprint density at radius 1 is 1.00 bits per heavy atom. The van der Waals surface area contributed by atoms with E-state index >= 15 is 0 Å². The average Bonchev–Trinajstić information content (AvgIpc) is 3.06. The predicted molar refractivity (Wildman–Crippen MR) is 128 cm³/mol. The number of thiophene rings is 1. The number of nitrogens with one attached hydrogen (secondary N) is 1. The van der Waals surface area contributed by atoms with Gasteiger partial charge in [-0.05, 0) is 35.4 Å². The number of rotatable bonds is 7. The summed E-state index contributed by atoms with van der Waals surface area (Å²) in [6.45, 7) is 1.43. The SMILES string of the molecule is CC1[C@](c2ccccc2)(S(C)(=O)=O)[C@]1(NS(=O)(=O)c1ccc(-c2ccc(Cl)cc2)s1)C(=O)O. The quantitative estimate of drug-likeness (QED) is 0.485. The van der Waals surface area contributed by atoms with E-state index in [1.165, 1.54) is 25.1 Å². The maximum atomic E-state index is 13.3. The molecular weight excluding hydrogens is 506 g/mol. The summed E-state index contributed by atoms with van der Waals surface area (Å²) in [5, 5.41) is 10.7. The lowest BCUT2D eigenvalue weighted by atomic mass is 10.1. The second kappa shape index (κ2) is 7.92. The van der Waals surface area contributed by atoms with Crippen LogP contribution in [0.5, 0.6) is 0 Å². The van der Waals surface area contributed by atoms with Crippen molar-refractivity contribution in [3.63, 3.8) is 0 Å². The number of hydrogen-bond acceptors (Lipinski definition) is 6. The zero-order valence-corrected chi connectivity index (χ0v) is 20.7. The van der Waals surface area contributed by atoms with Crippen LogP contribution in [0.3, 0.4) is 0 Å². The van der Waals surface area contributed by atoms with Gasteiger partial charge in [0.05, 0.1) is 0 Å². The van der Waals surface area contributed by atoms with Gasteiger partial charge in [0.2, 0.25) is 0 Å².